The topological polar surface area (TPSA) is 76.2 Å². The molecule has 3 atom stereocenters. The zero-order valence-corrected chi connectivity index (χ0v) is 19.6. The van der Waals surface area contributed by atoms with E-state index < -0.39 is 0 Å². The maximum absolute atomic E-state index is 13.4. The van der Waals surface area contributed by atoms with E-state index >= 15 is 0 Å². The molecule has 2 aliphatic heterocycles. The Balaban J connectivity index is 1.51. The fourth-order valence-electron chi connectivity index (χ4n) is 5.17. The van der Waals surface area contributed by atoms with E-state index in [4.69, 9.17) is 9.47 Å². The van der Waals surface area contributed by atoms with Gasteiger partial charge in [-0.2, -0.15) is 0 Å². The van der Waals surface area contributed by atoms with Crippen LogP contribution in [-0.2, 0) is 23.9 Å². The van der Waals surface area contributed by atoms with Crippen LogP contribution in [0.3, 0.4) is 0 Å². The van der Waals surface area contributed by atoms with Crippen LogP contribution in [0.1, 0.15) is 56.6 Å². The third-order valence-electron chi connectivity index (χ3n) is 6.86. The van der Waals surface area contributed by atoms with Gasteiger partial charge in [-0.1, -0.05) is 36.2 Å². The van der Waals surface area contributed by atoms with Crippen LogP contribution < -0.4 is 0 Å². The van der Waals surface area contributed by atoms with Crippen molar-refractivity contribution in [1.29, 1.82) is 0 Å². The summed E-state index contributed by atoms with van der Waals surface area (Å²) >= 11 is 0. The second-order valence-electron chi connectivity index (χ2n) is 9.29. The number of aryl methyl sites for hydroxylation is 1. The number of carbonyl (C=O) groups is 3. The van der Waals surface area contributed by atoms with Gasteiger partial charge in [0.25, 0.3) is 5.91 Å². The third kappa shape index (κ3) is 5.40. The number of hydrogen-bond acceptors (Lipinski definition) is 5. The van der Waals surface area contributed by atoms with Gasteiger partial charge in [0, 0.05) is 13.1 Å². The number of esters is 1. The molecule has 33 heavy (non-hydrogen) atoms. The number of benzene rings is 1. The summed E-state index contributed by atoms with van der Waals surface area (Å²) in [7, 11) is 0. The van der Waals surface area contributed by atoms with Gasteiger partial charge in [-0.25, -0.2) is 0 Å². The van der Waals surface area contributed by atoms with Crippen LogP contribution in [-0.4, -0.2) is 66.0 Å². The fraction of sp³-hybridized carbons (Fsp3) is 0.577. The minimum absolute atomic E-state index is 0.0179. The van der Waals surface area contributed by atoms with Crippen LogP contribution >= 0.6 is 0 Å². The molecule has 0 bridgehead atoms. The van der Waals surface area contributed by atoms with Crippen LogP contribution in [0.25, 0.3) is 6.08 Å². The summed E-state index contributed by atoms with van der Waals surface area (Å²) in [5.41, 5.74) is 2.02. The van der Waals surface area contributed by atoms with Crippen molar-refractivity contribution in [2.45, 2.75) is 64.5 Å². The van der Waals surface area contributed by atoms with E-state index in [1.807, 2.05) is 31.2 Å². The maximum atomic E-state index is 13.4. The van der Waals surface area contributed by atoms with Gasteiger partial charge in [-0.15, -0.1) is 0 Å². The molecule has 2 heterocycles. The Morgan fingerprint density at radius 1 is 1.18 bits per heavy atom. The smallest absolute Gasteiger partial charge is 0.310 e. The Bertz CT molecular complexity index is 927. The summed E-state index contributed by atoms with van der Waals surface area (Å²) in [6, 6.07) is 7.83. The zero-order valence-electron chi connectivity index (χ0n) is 19.6. The van der Waals surface area contributed by atoms with Crippen molar-refractivity contribution < 1.29 is 23.9 Å². The van der Waals surface area contributed by atoms with Crippen molar-refractivity contribution in [3.05, 3.63) is 41.2 Å². The number of amides is 2. The van der Waals surface area contributed by atoms with Gasteiger partial charge in [-0.3, -0.25) is 14.4 Å². The van der Waals surface area contributed by atoms with Crippen LogP contribution in [0.2, 0.25) is 0 Å². The molecule has 0 radical (unpaired) electrons. The average Bonchev–Trinajstić information content (AvgIpc) is 2.82. The number of carbonyl (C=O) groups excluding carboxylic acids is 3. The highest BCUT2D eigenvalue weighted by Gasteiger charge is 2.43. The van der Waals surface area contributed by atoms with Crippen molar-refractivity contribution in [1.82, 2.24) is 9.80 Å². The molecule has 0 aromatic heterocycles. The summed E-state index contributed by atoms with van der Waals surface area (Å²) in [5.74, 6) is -0.569. The molecule has 7 heteroatoms. The molecule has 1 aliphatic carbocycles. The number of ether oxygens (including phenoxy) is 2. The number of morpholine rings is 1. The van der Waals surface area contributed by atoms with Gasteiger partial charge >= 0.3 is 5.97 Å². The maximum Gasteiger partial charge on any atom is 0.310 e. The standard InChI is InChI=1S/C26H34N2O5/c1-3-32-26(31)20-10-7-13-27(16-20)24(29)17-28-21-11-4-5-12-22(21)33-23(25(28)30)15-19-9-6-8-18(2)14-19/h6,8-9,14-15,20-22H,3-5,7,10-13,16-17H2,1-2H3/b23-15+. The number of rotatable bonds is 5. The second kappa shape index (κ2) is 10.4. The molecule has 4 rings (SSSR count). The van der Waals surface area contributed by atoms with Crippen molar-refractivity contribution in [3.8, 4) is 0 Å². The Labute approximate surface area is 195 Å². The normalized spacial score (nSPS) is 26.5. The molecular formula is C26H34N2O5. The summed E-state index contributed by atoms with van der Waals surface area (Å²) in [4.78, 5) is 42.3. The lowest BCUT2D eigenvalue weighted by Gasteiger charge is -2.45. The van der Waals surface area contributed by atoms with E-state index in [-0.39, 0.29) is 42.4 Å². The predicted octanol–water partition coefficient (Wildman–Crippen LogP) is 3.31. The molecule has 1 aromatic rings. The van der Waals surface area contributed by atoms with E-state index in [0.717, 1.165) is 49.7 Å². The summed E-state index contributed by atoms with van der Waals surface area (Å²) in [6.07, 6.45) is 6.99. The van der Waals surface area contributed by atoms with E-state index in [1.54, 1.807) is 22.8 Å². The minimum atomic E-state index is -0.290. The number of fused-ring (bicyclic) bond motifs is 1. The number of hydrogen-bond donors (Lipinski definition) is 0. The lowest BCUT2D eigenvalue weighted by Crippen LogP contribution is -2.58. The molecule has 3 unspecified atom stereocenters. The Morgan fingerprint density at radius 3 is 2.79 bits per heavy atom. The highest BCUT2D eigenvalue weighted by molar-refractivity contribution is 5.98. The van der Waals surface area contributed by atoms with E-state index in [1.165, 1.54) is 0 Å². The molecule has 3 aliphatic rings. The lowest BCUT2D eigenvalue weighted by atomic mass is 9.89. The van der Waals surface area contributed by atoms with Crippen LogP contribution in [0.4, 0.5) is 0 Å². The average molecular weight is 455 g/mol. The van der Waals surface area contributed by atoms with Crippen LogP contribution in [0, 0.1) is 12.8 Å². The van der Waals surface area contributed by atoms with Crippen LogP contribution in [0.5, 0.6) is 0 Å². The molecular weight excluding hydrogens is 420 g/mol. The van der Waals surface area contributed by atoms with Crippen LogP contribution in [0.15, 0.2) is 30.0 Å². The fourth-order valence-corrected chi connectivity index (χ4v) is 5.17. The Hall–Kier alpha value is -2.83. The van der Waals surface area contributed by atoms with Gasteiger partial charge in [0.05, 0.1) is 18.6 Å². The minimum Gasteiger partial charge on any atom is -0.482 e. The van der Waals surface area contributed by atoms with Crippen molar-refractivity contribution in [2.24, 2.45) is 5.92 Å². The quantitative estimate of drug-likeness (QED) is 0.504. The molecule has 1 aromatic carbocycles. The van der Waals surface area contributed by atoms with E-state index in [0.29, 0.717) is 25.5 Å². The lowest BCUT2D eigenvalue weighted by molar-refractivity contribution is -0.157. The number of nitrogens with zero attached hydrogens (tertiary/aromatic N) is 2. The van der Waals surface area contributed by atoms with Gasteiger partial charge < -0.3 is 19.3 Å². The zero-order chi connectivity index (χ0) is 23.4. The van der Waals surface area contributed by atoms with Crippen molar-refractivity contribution in [3.63, 3.8) is 0 Å². The molecule has 7 nitrogen and oxygen atoms in total. The Kier molecular flexibility index (Phi) is 7.36. The van der Waals surface area contributed by atoms with Crippen molar-refractivity contribution in [2.75, 3.05) is 26.2 Å². The van der Waals surface area contributed by atoms with Gasteiger partial charge in [0.2, 0.25) is 5.91 Å². The number of likely N-dealkylation sites (tertiary alicyclic amines) is 1. The highest BCUT2D eigenvalue weighted by atomic mass is 16.5. The highest BCUT2D eigenvalue weighted by Crippen LogP contribution is 2.33. The predicted molar refractivity (Wildman–Crippen MR) is 124 cm³/mol. The SMILES string of the molecule is CCOC(=O)C1CCCN(C(=O)CN2C(=O)/C(=C\c3cccc(C)c3)OC3CCCCC32)C1. The van der Waals surface area contributed by atoms with Crippen molar-refractivity contribution >= 4 is 23.9 Å². The Morgan fingerprint density at radius 2 is 2.00 bits per heavy atom. The molecule has 0 N–H and O–H groups in total. The molecule has 178 valence electrons. The van der Waals surface area contributed by atoms with E-state index in [2.05, 4.69) is 0 Å². The molecule has 0 spiro atoms. The summed E-state index contributed by atoms with van der Waals surface area (Å²) in [5, 5.41) is 0. The summed E-state index contributed by atoms with van der Waals surface area (Å²) < 4.78 is 11.3. The van der Waals surface area contributed by atoms with Gasteiger partial charge in [-0.05, 0) is 57.6 Å². The third-order valence-corrected chi connectivity index (χ3v) is 6.86. The first-order chi connectivity index (χ1) is 16.0. The first kappa shape index (κ1) is 23.3. The summed E-state index contributed by atoms with van der Waals surface area (Å²) in [6.45, 7) is 5.12. The molecule has 2 saturated heterocycles. The van der Waals surface area contributed by atoms with E-state index in [9.17, 15) is 14.4 Å². The second-order valence-corrected chi connectivity index (χ2v) is 9.29. The first-order valence-electron chi connectivity index (χ1n) is 12.2. The first-order valence-corrected chi connectivity index (χ1v) is 12.2. The molecule has 3 fully saturated rings. The largest absolute Gasteiger partial charge is 0.482 e. The molecule has 1 saturated carbocycles. The van der Waals surface area contributed by atoms with Gasteiger partial charge in [0.15, 0.2) is 5.76 Å². The molecule has 2 amide bonds. The number of piperidine rings is 1. The van der Waals surface area contributed by atoms with Gasteiger partial charge in [0.1, 0.15) is 12.6 Å². The monoisotopic (exact) mass is 454 g/mol.